The lowest BCUT2D eigenvalue weighted by Crippen LogP contribution is -2.31. The number of aromatic nitrogens is 4. The number of aryl methyl sites for hydroxylation is 3. The number of benzene rings is 1. The molecule has 0 aliphatic heterocycles. The maximum atomic E-state index is 13.0. The number of imidazole rings is 1. The van der Waals surface area contributed by atoms with Gasteiger partial charge in [0.15, 0.2) is 0 Å². The zero-order chi connectivity index (χ0) is 17.4. The summed E-state index contributed by atoms with van der Waals surface area (Å²) in [5, 5.41) is 7.72. The zero-order valence-corrected chi connectivity index (χ0v) is 14.4. The highest BCUT2D eigenvalue weighted by atomic mass is 16.1. The lowest BCUT2D eigenvalue weighted by atomic mass is 9.93. The molecule has 1 N–H and O–H groups in total. The summed E-state index contributed by atoms with van der Waals surface area (Å²) in [7, 11) is 1.93. The van der Waals surface area contributed by atoms with Crippen molar-refractivity contribution in [2.45, 2.75) is 32.2 Å². The Morgan fingerprint density at radius 2 is 2.24 bits per heavy atom. The monoisotopic (exact) mass is 335 g/mol. The molecule has 3 aromatic rings. The van der Waals surface area contributed by atoms with Crippen LogP contribution in [0.3, 0.4) is 0 Å². The van der Waals surface area contributed by atoms with Gasteiger partial charge in [0, 0.05) is 31.2 Å². The number of nitrogens with one attached hydrogen (secondary N) is 1. The predicted octanol–water partition coefficient (Wildman–Crippen LogP) is 2.72. The third-order valence-corrected chi connectivity index (χ3v) is 4.70. The molecule has 1 amide bonds. The van der Waals surface area contributed by atoms with Gasteiger partial charge in [0.05, 0.1) is 29.3 Å². The number of carbonyl (C=O) groups is 1. The second-order valence-corrected chi connectivity index (χ2v) is 6.61. The molecule has 128 valence electrons. The van der Waals surface area contributed by atoms with E-state index in [1.165, 1.54) is 0 Å². The van der Waals surface area contributed by atoms with E-state index in [1.54, 1.807) is 12.5 Å². The van der Waals surface area contributed by atoms with Gasteiger partial charge in [-0.2, -0.15) is 5.10 Å². The van der Waals surface area contributed by atoms with Gasteiger partial charge in [-0.15, -0.1) is 0 Å². The number of fused-ring (bicyclic) bond motifs is 1. The average Bonchev–Trinajstić information content (AvgIpc) is 3.24. The van der Waals surface area contributed by atoms with Crippen LogP contribution in [0.15, 0.2) is 43.1 Å². The second-order valence-electron chi connectivity index (χ2n) is 6.61. The maximum absolute atomic E-state index is 13.0. The van der Waals surface area contributed by atoms with Crippen LogP contribution in [0.5, 0.6) is 0 Å². The summed E-state index contributed by atoms with van der Waals surface area (Å²) in [6.45, 7) is 1.99. The first-order valence-electron chi connectivity index (χ1n) is 8.54. The normalized spacial score (nSPS) is 16.5. The Bertz CT molecular complexity index is 910. The highest BCUT2D eigenvalue weighted by Gasteiger charge is 2.25. The van der Waals surface area contributed by atoms with Crippen LogP contribution < -0.4 is 5.32 Å². The third kappa shape index (κ3) is 2.95. The molecule has 6 heteroatoms. The standard InChI is InChI=1S/C19H21N5O/c1-13-6-7-18(24-9-8-20-12-24)14(10-13)19(25)21-16-4-3-5-17-15(16)11-23(2)22-17/h6-12,16H,3-5H2,1-2H3,(H,21,25). The molecule has 0 saturated heterocycles. The third-order valence-electron chi connectivity index (χ3n) is 4.70. The molecule has 1 aliphatic rings. The van der Waals surface area contributed by atoms with Crippen molar-refractivity contribution in [1.82, 2.24) is 24.6 Å². The molecular weight excluding hydrogens is 314 g/mol. The van der Waals surface area contributed by atoms with Crippen molar-refractivity contribution in [3.63, 3.8) is 0 Å². The first-order chi connectivity index (χ1) is 12.1. The van der Waals surface area contributed by atoms with E-state index in [0.717, 1.165) is 41.8 Å². The maximum Gasteiger partial charge on any atom is 0.253 e. The number of hydrogen-bond acceptors (Lipinski definition) is 3. The Hall–Kier alpha value is -2.89. The van der Waals surface area contributed by atoms with E-state index in [4.69, 9.17) is 0 Å². The van der Waals surface area contributed by atoms with Crippen LogP contribution in [-0.2, 0) is 13.5 Å². The van der Waals surface area contributed by atoms with Crippen molar-refractivity contribution < 1.29 is 4.79 Å². The van der Waals surface area contributed by atoms with E-state index in [9.17, 15) is 4.79 Å². The summed E-state index contributed by atoms with van der Waals surface area (Å²) in [5.41, 5.74) is 4.79. The first-order valence-corrected chi connectivity index (χ1v) is 8.54. The Labute approximate surface area is 146 Å². The van der Waals surface area contributed by atoms with Gasteiger partial charge in [-0.05, 0) is 38.3 Å². The minimum atomic E-state index is -0.0610. The molecule has 1 unspecified atom stereocenters. The average molecular weight is 335 g/mol. The smallest absolute Gasteiger partial charge is 0.253 e. The molecule has 0 fully saturated rings. The summed E-state index contributed by atoms with van der Waals surface area (Å²) in [5.74, 6) is -0.0610. The number of nitrogens with zero attached hydrogens (tertiary/aromatic N) is 4. The number of rotatable bonds is 3. The van der Waals surface area contributed by atoms with Crippen molar-refractivity contribution >= 4 is 5.91 Å². The van der Waals surface area contributed by atoms with Gasteiger partial charge in [-0.3, -0.25) is 9.48 Å². The largest absolute Gasteiger partial charge is 0.345 e. The lowest BCUT2D eigenvalue weighted by molar-refractivity contribution is 0.0932. The van der Waals surface area contributed by atoms with Crippen molar-refractivity contribution in [3.8, 4) is 5.69 Å². The fourth-order valence-corrected chi connectivity index (χ4v) is 3.51. The van der Waals surface area contributed by atoms with Gasteiger partial charge in [-0.25, -0.2) is 4.98 Å². The minimum Gasteiger partial charge on any atom is -0.345 e. The Morgan fingerprint density at radius 1 is 1.36 bits per heavy atom. The number of amides is 1. The fourth-order valence-electron chi connectivity index (χ4n) is 3.51. The van der Waals surface area contributed by atoms with Gasteiger partial charge < -0.3 is 9.88 Å². The van der Waals surface area contributed by atoms with Crippen molar-refractivity contribution in [3.05, 3.63) is 65.5 Å². The van der Waals surface area contributed by atoms with E-state index in [2.05, 4.69) is 15.4 Å². The Balaban J connectivity index is 1.65. The SMILES string of the molecule is Cc1ccc(-n2ccnc2)c(C(=O)NC2CCCc3nn(C)cc32)c1. The summed E-state index contributed by atoms with van der Waals surface area (Å²) in [6, 6.07) is 5.91. The molecule has 1 atom stereocenters. The molecule has 4 rings (SSSR count). The van der Waals surface area contributed by atoms with Crippen LogP contribution in [0.25, 0.3) is 5.69 Å². The van der Waals surface area contributed by atoms with Gasteiger partial charge in [0.1, 0.15) is 0 Å². The van der Waals surface area contributed by atoms with Gasteiger partial charge >= 0.3 is 0 Å². The molecule has 0 radical (unpaired) electrons. The summed E-state index contributed by atoms with van der Waals surface area (Å²) >= 11 is 0. The van der Waals surface area contributed by atoms with E-state index in [0.29, 0.717) is 5.56 Å². The highest BCUT2D eigenvalue weighted by Crippen LogP contribution is 2.29. The number of hydrogen-bond donors (Lipinski definition) is 1. The van der Waals surface area contributed by atoms with Crippen LogP contribution in [0.4, 0.5) is 0 Å². The van der Waals surface area contributed by atoms with Gasteiger partial charge in [0.25, 0.3) is 5.91 Å². The molecule has 1 aliphatic carbocycles. The summed E-state index contributed by atoms with van der Waals surface area (Å²) < 4.78 is 3.70. The van der Waals surface area contributed by atoms with Crippen molar-refractivity contribution in [1.29, 1.82) is 0 Å². The van der Waals surface area contributed by atoms with Crippen molar-refractivity contribution in [2.75, 3.05) is 0 Å². The molecule has 0 bridgehead atoms. The second kappa shape index (κ2) is 6.20. The molecule has 0 spiro atoms. The van der Waals surface area contributed by atoms with E-state index in [-0.39, 0.29) is 11.9 Å². The number of carbonyl (C=O) groups excluding carboxylic acids is 1. The Kier molecular flexibility index (Phi) is 3.87. The first kappa shape index (κ1) is 15.6. The topological polar surface area (TPSA) is 64.7 Å². The predicted molar refractivity (Wildman–Crippen MR) is 94.7 cm³/mol. The molecule has 1 aromatic carbocycles. The van der Waals surface area contributed by atoms with Crippen LogP contribution in [0.2, 0.25) is 0 Å². The van der Waals surface area contributed by atoms with Crippen LogP contribution in [0.1, 0.15) is 46.1 Å². The summed E-state index contributed by atoms with van der Waals surface area (Å²) in [6.07, 6.45) is 10.3. The lowest BCUT2D eigenvalue weighted by Gasteiger charge is -2.23. The molecule has 0 saturated carbocycles. The highest BCUT2D eigenvalue weighted by molar-refractivity contribution is 5.98. The van der Waals surface area contributed by atoms with E-state index >= 15 is 0 Å². The van der Waals surface area contributed by atoms with E-state index < -0.39 is 0 Å². The minimum absolute atomic E-state index is 0.0149. The molecule has 6 nitrogen and oxygen atoms in total. The van der Waals surface area contributed by atoms with Crippen LogP contribution in [0, 0.1) is 6.92 Å². The molecular formula is C19H21N5O. The van der Waals surface area contributed by atoms with Crippen LogP contribution in [-0.4, -0.2) is 25.2 Å². The molecule has 2 aromatic heterocycles. The van der Waals surface area contributed by atoms with Crippen LogP contribution >= 0.6 is 0 Å². The molecule has 2 heterocycles. The quantitative estimate of drug-likeness (QED) is 0.800. The molecule has 25 heavy (non-hydrogen) atoms. The fraction of sp³-hybridized carbons (Fsp3) is 0.316. The van der Waals surface area contributed by atoms with Gasteiger partial charge in [-0.1, -0.05) is 11.6 Å². The zero-order valence-electron chi connectivity index (χ0n) is 14.4. The van der Waals surface area contributed by atoms with Gasteiger partial charge in [0.2, 0.25) is 0 Å². The Morgan fingerprint density at radius 3 is 3.04 bits per heavy atom. The van der Waals surface area contributed by atoms with E-state index in [1.807, 2.05) is 53.8 Å². The summed E-state index contributed by atoms with van der Waals surface area (Å²) in [4.78, 5) is 17.1. The van der Waals surface area contributed by atoms with Crippen molar-refractivity contribution in [2.24, 2.45) is 7.05 Å².